The van der Waals surface area contributed by atoms with Gasteiger partial charge in [-0.05, 0) is 132 Å². The molecule has 0 bridgehead atoms. The van der Waals surface area contributed by atoms with Crippen LogP contribution in [0.5, 0.6) is 0 Å². The van der Waals surface area contributed by atoms with E-state index in [1.165, 1.54) is 103 Å². The van der Waals surface area contributed by atoms with Crippen molar-refractivity contribution in [3.8, 4) is 56.4 Å². The van der Waals surface area contributed by atoms with E-state index >= 15 is 0 Å². The fourth-order valence-electron chi connectivity index (χ4n) is 16.6. The van der Waals surface area contributed by atoms with E-state index in [1.54, 1.807) is 0 Å². The number of aromatic nitrogens is 8. The Morgan fingerprint density at radius 3 is 1.17 bits per heavy atom. The van der Waals surface area contributed by atoms with E-state index in [1.807, 2.05) is 0 Å². The van der Waals surface area contributed by atoms with Crippen LogP contribution in [0, 0.1) is 0 Å². The Bertz CT molecular complexity index is 6950. The fraction of sp³-hybridized carbons (Fsp3) is 0. The zero-order valence-electron chi connectivity index (χ0n) is 50.4. The summed E-state index contributed by atoms with van der Waals surface area (Å²) >= 11 is 0. The Hall–Kier alpha value is -12.8. The third-order valence-corrected chi connectivity index (χ3v) is 20.5. The van der Waals surface area contributed by atoms with Crippen molar-refractivity contribution in [3.05, 3.63) is 303 Å². The van der Waals surface area contributed by atoms with Crippen molar-refractivity contribution in [2.75, 3.05) is 0 Å². The first-order valence-corrected chi connectivity index (χ1v) is 32.2. The molecule has 10 heterocycles. The molecule has 94 heavy (non-hydrogen) atoms. The number of hydrogen-bond donors (Lipinski definition) is 0. The molecule has 8 nitrogen and oxygen atoms in total. The molecule has 8 heteroatoms. The molecule has 0 unspecified atom stereocenters. The summed E-state index contributed by atoms with van der Waals surface area (Å²) in [6.07, 6.45) is 0. The van der Waals surface area contributed by atoms with Gasteiger partial charge in [0.1, 0.15) is 11.3 Å². The molecule has 0 spiro atoms. The summed E-state index contributed by atoms with van der Waals surface area (Å²) in [7, 11) is 0. The maximum atomic E-state index is 5.49. The fourth-order valence-corrected chi connectivity index (χ4v) is 16.6. The lowest BCUT2D eigenvalue weighted by atomic mass is 9.99. The van der Waals surface area contributed by atoms with Gasteiger partial charge in [0.25, 0.3) is 0 Å². The predicted octanol–water partition coefficient (Wildman–Crippen LogP) is 21.9. The molecule has 12 aromatic carbocycles. The highest BCUT2D eigenvalue weighted by atomic mass is 15.1. The third kappa shape index (κ3) is 6.59. The maximum absolute atomic E-state index is 5.49. The Balaban J connectivity index is 0.715. The van der Waals surface area contributed by atoms with Gasteiger partial charge in [-0.3, -0.25) is 8.80 Å². The van der Waals surface area contributed by atoms with Gasteiger partial charge < -0.3 is 18.3 Å². The van der Waals surface area contributed by atoms with Crippen LogP contribution < -0.4 is 0 Å². The van der Waals surface area contributed by atoms with E-state index in [0.29, 0.717) is 0 Å². The minimum atomic E-state index is 0.928. The van der Waals surface area contributed by atoms with Gasteiger partial charge in [0.2, 0.25) is 0 Å². The molecule has 0 aliphatic carbocycles. The van der Waals surface area contributed by atoms with E-state index in [0.717, 1.165) is 95.3 Å². The molecule has 22 rings (SSSR count). The molecular weight excluding hydrogens is 1150 g/mol. The van der Waals surface area contributed by atoms with E-state index in [4.69, 9.17) is 9.97 Å². The van der Waals surface area contributed by atoms with Crippen molar-refractivity contribution >= 4 is 142 Å². The standard InChI is InChI=1S/C86H50N8/c1-3-19-55(20-4-1)89-71-30-13-10-27-65(71)79-75(89)46-43-62-60-25-9-12-29-69(60)92(83(62)79)58-23-15-18-54(48-58)82-86-64-42-38-52(49-68(64)73-33-17-35-78(88-82)94(73)86)53-39-45-74-67(50-53)63-44-47-76-80(66-28-11-14-31-72(66)90(76)56-21-5-2-6-22-56)84(63)91(74)57-40-36-51(37-41-57)81-85-61-26-8-7-24-59(61)70-32-16-34-77(87-81)93(70)85/h1-50H. The number of imidazole rings is 2. The molecule has 0 saturated heterocycles. The molecule has 0 N–H and O–H groups in total. The van der Waals surface area contributed by atoms with Gasteiger partial charge in [-0.2, -0.15) is 0 Å². The zero-order chi connectivity index (χ0) is 61.0. The summed E-state index contributed by atoms with van der Waals surface area (Å²) < 4.78 is 14.5. The van der Waals surface area contributed by atoms with Crippen molar-refractivity contribution in [2.45, 2.75) is 0 Å². The lowest BCUT2D eigenvalue weighted by Gasteiger charge is -2.11. The predicted molar refractivity (Wildman–Crippen MR) is 390 cm³/mol. The van der Waals surface area contributed by atoms with Gasteiger partial charge in [-0.15, -0.1) is 0 Å². The average Bonchev–Trinajstić information content (AvgIpc) is 1.56. The van der Waals surface area contributed by atoms with Crippen LogP contribution in [0.15, 0.2) is 303 Å². The number of para-hydroxylation sites is 5. The number of pyridine rings is 2. The van der Waals surface area contributed by atoms with Crippen LogP contribution in [0.3, 0.4) is 0 Å². The zero-order valence-corrected chi connectivity index (χ0v) is 50.4. The maximum Gasteiger partial charge on any atom is 0.138 e. The van der Waals surface area contributed by atoms with Gasteiger partial charge in [0.05, 0.1) is 77.6 Å². The number of nitrogens with zero attached hydrogens (tertiary/aromatic N) is 8. The van der Waals surface area contributed by atoms with Crippen LogP contribution in [0.1, 0.15) is 0 Å². The molecule has 0 fully saturated rings. The van der Waals surface area contributed by atoms with Crippen LogP contribution in [0.4, 0.5) is 0 Å². The molecule has 10 aromatic heterocycles. The van der Waals surface area contributed by atoms with Gasteiger partial charge in [0, 0.05) is 98.5 Å². The summed E-state index contributed by atoms with van der Waals surface area (Å²) in [5.41, 5.74) is 26.7. The van der Waals surface area contributed by atoms with Crippen molar-refractivity contribution in [1.82, 2.24) is 37.0 Å². The summed E-state index contributed by atoms with van der Waals surface area (Å²) in [5, 5.41) is 14.6. The summed E-state index contributed by atoms with van der Waals surface area (Å²) in [6, 6.07) is 111. The molecule has 0 aliphatic heterocycles. The highest BCUT2D eigenvalue weighted by Gasteiger charge is 2.27. The van der Waals surface area contributed by atoms with E-state index in [2.05, 4.69) is 330 Å². The molecule has 0 saturated carbocycles. The quantitative estimate of drug-likeness (QED) is 0.160. The number of hydrogen-bond acceptors (Lipinski definition) is 2. The van der Waals surface area contributed by atoms with E-state index in [9.17, 15) is 0 Å². The van der Waals surface area contributed by atoms with E-state index < -0.39 is 0 Å². The van der Waals surface area contributed by atoms with Crippen LogP contribution in [-0.2, 0) is 0 Å². The summed E-state index contributed by atoms with van der Waals surface area (Å²) in [4.78, 5) is 10.8. The first-order valence-electron chi connectivity index (χ1n) is 32.2. The van der Waals surface area contributed by atoms with Crippen molar-refractivity contribution in [3.63, 3.8) is 0 Å². The van der Waals surface area contributed by atoms with Crippen molar-refractivity contribution in [2.24, 2.45) is 0 Å². The normalized spacial score (nSPS) is 12.5. The second kappa shape index (κ2) is 18.4. The number of rotatable bonds is 7. The molecule has 0 aliphatic rings. The third-order valence-electron chi connectivity index (χ3n) is 20.5. The van der Waals surface area contributed by atoms with E-state index in [-0.39, 0.29) is 0 Å². The molecular formula is C86H50N8. The minimum Gasteiger partial charge on any atom is -0.309 e. The number of fused-ring (bicyclic) bond motifs is 20. The highest BCUT2D eigenvalue weighted by Crippen LogP contribution is 2.47. The summed E-state index contributed by atoms with van der Waals surface area (Å²) in [5.74, 6) is 0. The molecule has 0 atom stereocenters. The van der Waals surface area contributed by atoms with Crippen LogP contribution >= 0.6 is 0 Å². The summed E-state index contributed by atoms with van der Waals surface area (Å²) in [6.45, 7) is 0. The first kappa shape index (κ1) is 50.0. The van der Waals surface area contributed by atoms with Crippen LogP contribution in [0.25, 0.3) is 199 Å². The molecule has 0 radical (unpaired) electrons. The molecule has 22 aromatic rings. The lowest BCUT2D eigenvalue weighted by Crippen LogP contribution is -1.96. The van der Waals surface area contributed by atoms with Gasteiger partial charge in [0.15, 0.2) is 0 Å². The van der Waals surface area contributed by atoms with Crippen molar-refractivity contribution < 1.29 is 0 Å². The van der Waals surface area contributed by atoms with Crippen molar-refractivity contribution in [1.29, 1.82) is 0 Å². The van der Waals surface area contributed by atoms with Crippen LogP contribution in [0.2, 0.25) is 0 Å². The Labute approximate surface area is 535 Å². The second-order valence-electron chi connectivity index (χ2n) is 25.2. The topological polar surface area (TPSA) is 54.3 Å². The smallest absolute Gasteiger partial charge is 0.138 e. The second-order valence-corrected chi connectivity index (χ2v) is 25.2. The highest BCUT2D eigenvalue weighted by molar-refractivity contribution is 6.28. The van der Waals surface area contributed by atoms with Gasteiger partial charge in [-0.25, -0.2) is 9.97 Å². The number of benzene rings is 12. The molecule has 434 valence electrons. The first-order chi connectivity index (χ1) is 46.7. The van der Waals surface area contributed by atoms with Crippen LogP contribution in [-0.4, -0.2) is 37.0 Å². The minimum absolute atomic E-state index is 0.928. The molecule has 0 amide bonds. The van der Waals surface area contributed by atoms with Gasteiger partial charge >= 0.3 is 0 Å². The lowest BCUT2D eigenvalue weighted by molar-refractivity contribution is 1.17. The largest absolute Gasteiger partial charge is 0.309 e. The Morgan fingerprint density at radius 1 is 0.191 bits per heavy atom. The Morgan fingerprint density at radius 2 is 0.564 bits per heavy atom. The SMILES string of the molecule is c1ccc(-n2c3ccccc3c3c2ccc2c4ccccc4n(-c4cccc(-c5nc6cccc7c8cc(-c9ccc%10c(c9)c9ccc%11c(c%12ccccc%12n%11-c%11ccccc%11)c9n%10-c9ccc(-c%10nc%11cccc%12c%13ccccc%13c%10n%11%12)cc9)ccc8c5n67)c4)c23)cc1. The Kier molecular flexibility index (Phi) is 9.81. The monoisotopic (exact) mass is 1190 g/mol. The average molecular weight is 1200 g/mol. The van der Waals surface area contributed by atoms with Gasteiger partial charge in [-0.1, -0.05) is 182 Å².